The van der Waals surface area contributed by atoms with Crippen molar-refractivity contribution in [1.82, 2.24) is 19.8 Å². The molecule has 4 rings (SSSR count). The lowest BCUT2D eigenvalue weighted by atomic mass is 10.0. The molecule has 3 fully saturated rings. The molecule has 1 unspecified atom stereocenters. The molecule has 7 nitrogen and oxygen atoms in total. The van der Waals surface area contributed by atoms with E-state index in [2.05, 4.69) is 25.8 Å². The lowest BCUT2D eigenvalue weighted by Gasteiger charge is -2.41. The lowest BCUT2D eigenvalue weighted by Crippen LogP contribution is -2.51. The second kappa shape index (κ2) is 7.02. The fraction of sp³-hybridized carbons (Fsp3) is 0.737. The van der Waals surface area contributed by atoms with Crippen LogP contribution in [-0.4, -0.2) is 84.6 Å². The highest BCUT2D eigenvalue weighted by atomic mass is 16.2. The van der Waals surface area contributed by atoms with E-state index < -0.39 is 0 Å². The van der Waals surface area contributed by atoms with Crippen LogP contribution in [0.15, 0.2) is 12.4 Å². The summed E-state index contributed by atoms with van der Waals surface area (Å²) in [6, 6.07) is 3.35. The molecule has 0 bridgehead atoms. The molecule has 1 aromatic heterocycles. The van der Waals surface area contributed by atoms with Gasteiger partial charge >= 0.3 is 0 Å². The third-order valence-electron chi connectivity index (χ3n) is 6.03. The van der Waals surface area contributed by atoms with Crippen molar-refractivity contribution in [2.75, 3.05) is 50.6 Å². The Morgan fingerprint density at radius 2 is 1.62 bits per heavy atom. The van der Waals surface area contributed by atoms with Crippen LogP contribution < -0.4 is 9.80 Å². The summed E-state index contributed by atoms with van der Waals surface area (Å²) in [7, 11) is 5.95. The number of rotatable bonds is 5. The van der Waals surface area contributed by atoms with Gasteiger partial charge in [0.25, 0.3) is 0 Å². The Bertz CT molecular complexity index is 653. The predicted octanol–water partition coefficient (Wildman–Crippen LogP) is 1.21. The van der Waals surface area contributed by atoms with Crippen LogP contribution in [0.3, 0.4) is 0 Å². The summed E-state index contributed by atoms with van der Waals surface area (Å²) >= 11 is 0. The number of aromatic nitrogens is 2. The van der Waals surface area contributed by atoms with Crippen molar-refractivity contribution in [3.05, 3.63) is 12.4 Å². The topological polar surface area (TPSA) is 55.8 Å². The Kier molecular flexibility index (Phi) is 4.73. The number of likely N-dealkylation sites (tertiary alicyclic amines) is 2. The Hall–Kier alpha value is -1.89. The number of piperidine rings is 1. The molecule has 0 N–H and O–H groups in total. The minimum absolute atomic E-state index is 0.106. The summed E-state index contributed by atoms with van der Waals surface area (Å²) in [6.45, 7) is 2.90. The number of hydrogen-bond acceptors (Lipinski definition) is 6. The molecule has 2 saturated heterocycles. The third-order valence-corrected chi connectivity index (χ3v) is 6.03. The van der Waals surface area contributed by atoms with E-state index in [4.69, 9.17) is 0 Å². The SMILES string of the molecule is CN1CCC(N2CCC(N(c3cc(N(C)C)ncn3)C3CC3)CC2)C1=O. The molecule has 2 aliphatic heterocycles. The maximum atomic E-state index is 12.3. The van der Waals surface area contributed by atoms with E-state index in [0.29, 0.717) is 18.0 Å². The molecule has 3 aliphatic rings. The molecule has 1 atom stereocenters. The molecule has 0 radical (unpaired) electrons. The van der Waals surface area contributed by atoms with Crippen LogP contribution in [0.5, 0.6) is 0 Å². The largest absolute Gasteiger partial charge is 0.363 e. The van der Waals surface area contributed by atoms with Crippen LogP contribution in [0.2, 0.25) is 0 Å². The van der Waals surface area contributed by atoms with Crippen molar-refractivity contribution in [1.29, 1.82) is 0 Å². The normalized spacial score (nSPS) is 25.0. The van der Waals surface area contributed by atoms with Gasteiger partial charge in [-0.15, -0.1) is 0 Å². The number of carbonyl (C=O) groups excluding carboxylic acids is 1. The first-order valence-electron chi connectivity index (χ1n) is 9.81. The van der Waals surface area contributed by atoms with E-state index in [9.17, 15) is 4.79 Å². The third kappa shape index (κ3) is 3.37. The van der Waals surface area contributed by atoms with Crippen LogP contribution in [0.25, 0.3) is 0 Å². The van der Waals surface area contributed by atoms with E-state index >= 15 is 0 Å². The zero-order valence-electron chi connectivity index (χ0n) is 16.1. The second-order valence-corrected chi connectivity index (χ2v) is 8.10. The molecule has 7 heteroatoms. The highest BCUT2D eigenvalue weighted by Gasteiger charge is 2.40. The summed E-state index contributed by atoms with van der Waals surface area (Å²) < 4.78 is 0. The van der Waals surface area contributed by atoms with Crippen molar-refractivity contribution >= 4 is 17.5 Å². The van der Waals surface area contributed by atoms with Gasteiger partial charge in [0.15, 0.2) is 0 Å². The first kappa shape index (κ1) is 17.5. The molecule has 0 aromatic carbocycles. The fourth-order valence-electron chi connectivity index (χ4n) is 4.37. The zero-order chi connectivity index (χ0) is 18.3. The van der Waals surface area contributed by atoms with Gasteiger partial charge in [0.1, 0.15) is 18.0 Å². The van der Waals surface area contributed by atoms with Gasteiger partial charge in [-0.05, 0) is 32.1 Å². The van der Waals surface area contributed by atoms with E-state index in [-0.39, 0.29) is 6.04 Å². The Labute approximate surface area is 156 Å². The monoisotopic (exact) mass is 358 g/mol. The van der Waals surface area contributed by atoms with Crippen molar-refractivity contribution in [3.63, 3.8) is 0 Å². The summed E-state index contributed by atoms with van der Waals surface area (Å²) in [4.78, 5) is 30.1. The van der Waals surface area contributed by atoms with Crippen LogP contribution in [0.1, 0.15) is 32.1 Å². The molecule has 1 amide bonds. The van der Waals surface area contributed by atoms with Crippen molar-refractivity contribution < 1.29 is 4.79 Å². The summed E-state index contributed by atoms with van der Waals surface area (Å²) in [5.74, 6) is 2.31. The fourth-order valence-corrected chi connectivity index (χ4v) is 4.37. The number of amides is 1. The van der Waals surface area contributed by atoms with Crippen molar-refractivity contribution in [2.24, 2.45) is 0 Å². The van der Waals surface area contributed by atoms with Crippen LogP contribution in [-0.2, 0) is 4.79 Å². The number of anilines is 2. The zero-order valence-corrected chi connectivity index (χ0v) is 16.1. The molecular weight excluding hydrogens is 328 g/mol. The minimum Gasteiger partial charge on any atom is -0.363 e. The minimum atomic E-state index is 0.106. The molecule has 1 aromatic rings. The summed E-state index contributed by atoms with van der Waals surface area (Å²) in [6.07, 6.45) is 7.38. The maximum absolute atomic E-state index is 12.3. The van der Waals surface area contributed by atoms with E-state index in [0.717, 1.165) is 50.5 Å². The highest BCUT2D eigenvalue weighted by Crippen LogP contribution is 2.36. The molecule has 1 aliphatic carbocycles. The maximum Gasteiger partial charge on any atom is 0.239 e. The first-order chi connectivity index (χ1) is 12.5. The van der Waals surface area contributed by atoms with Gasteiger partial charge in [0.2, 0.25) is 5.91 Å². The Morgan fingerprint density at radius 1 is 0.962 bits per heavy atom. The number of likely N-dealkylation sites (N-methyl/N-ethyl adjacent to an activating group) is 1. The van der Waals surface area contributed by atoms with Gasteiger partial charge in [0.05, 0.1) is 6.04 Å². The lowest BCUT2D eigenvalue weighted by molar-refractivity contribution is -0.131. The van der Waals surface area contributed by atoms with Gasteiger partial charge in [0, 0.05) is 58.9 Å². The molecule has 0 spiro atoms. The van der Waals surface area contributed by atoms with Gasteiger partial charge in [-0.3, -0.25) is 9.69 Å². The average Bonchev–Trinajstić information content (AvgIpc) is 3.42. The standard InChI is InChI=1S/C19H30N6O/c1-22(2)17-12-18(21-13-20-17)25(14-4-5-14)15-6-10-24(11-7-15)16-8-9-23(3)19(16)26/h12-16H,4-11H2,1-3H3. The van der Waals surface area contributed by atoms with Crippen LogP contribution in [0, 0.1) is 0 Å². The number of nitrogens with zero attached hydrogens (tertiary/aromatic N) is 6. The first-order valence-corrected chi connectivity index (χ1v) is 9.81. The van der Waals surface area contributed by atoms with Crippen LogP contribution in [0.4, 0.5) is 11.6 Å². The molecule has 3 heterocycles. The smallest absolute Gasteiger partial charge is 0.239 e. The molecule has 1 saturated carbocycles. The number of hydrogen-bond donors (Lipinski definition) is 0. The van der Waals surface area contributed by atoms with Gasteiger partial charge in [-0.25, -0.2) is 9.97 Å². The molecule has 26 heavy (non-hydrogen) atoms. The average molecular weight is 358 g/mol. The van der Waals surface area contributed by atoms with Gasteiger partial charge < -0.3 is 14.7 Å². The quantitative estimate of drug-likeness (QED) is 0.789. The second-order valence-electron chi connectivity index (χ2n) is 8.10. The van der Waals surface area contributed by atoms with E-state index in [1.54, 1.807) is 6.33 Å². The Balaban J connectivity index is 1.45. The van der Waals surface area contributed by atoms with Crippen molar-refractivity contribution in [2.45, 2.75) is 50.2 Å². The predicted molar refractivity (Wildman–Crippen MR) is 102 cm³/mol. The molecule has 142 valence electrons. The van der Waals surface area contributed by atoms with Gasteiger partial charge in [-0.2, -0.15) is 0 Å². The Morgan fingerprint density at radius 3 is 2.19 bits per heavy atom. The van der Waals surface area contributed by atoms with E-state index in [1.807, 2.05) is 30.9 Å². The van der Waals surface area contributed by atoms with Crippen molar-refractivity contribution in [3.8, 4) is 0 Å². The summed E-state index contributed by atoms with van der Waals surface area (Å²) in [5, 5.41) is 0. The van der Waals surface area contributed by atoms with Crippen LogP contribution >= 0.6 is 0 Å². The summed E-state index contributed by atoms with van der Waals surface area (Å²) in [5.41, 5.74) is 0. The molecular formula is C19H30N6O. The van der Waals surface area contributed by atoms with Gasteiger partial charge in [-0.1, -0.05) is 0 Å². The number of carbonyl (C=O) groups is 1. The highest BCUT2D eigenvalue weighted by molar-refractivity contribution is 5.83. The van der Waals surface area contributed by atoms with E-state index in [1.165, 1.54) is 12.8 Å².